The molecule has 0 bridgehead atoms. The van der Waals surface area contributed by atoms with E-state index in [0.29, 0.717) is 5.02 Å². The van der Waals surface area contributed by atoms with Gasteiger partial charge in [-0.1, -0.05) is 74.3 Å². The van der Waals surface area contributed by atoms with Crippen molar-refractivity contribution < 1.29 is 5.11 Å². The fourth-order valence-corrected chi connectivity index (χ4v) is 2.64. The van der Waals surface area contributed by atoms with E-state index in [1.807, 2.05) is 76.2 Å². The van der Waals surface area contributed by atoms with Crippen LogP contribution in [0.5, 0.6) is 0 Å². The van der Waals surface area contributed by atoms with Crippen LogP contribution in [-0.2, 0) is 5.60 Å². The monoisotopic (exact) mass is 288 g/mol. The number of aryl methyl sites for hydroxylation is 1. The molecule has 106 valence electrons. The van der Waals surface area contributed by atoms with Gasteiger partial charge in [0.25, 0.3) is 0 Å². The number of aliphatic hydroxyl groups is 1. The quantitative estimate of drug-likeness (QED) is 0.831. The van der Waals surface area contributed by atoms with Gasteiger partial charge in [0, 0.05) is 5.02 Å². The maximum atomic E-state index is 11.4. The highest BCUT2D eigenvalue weighted by Gasteiger charge is 2.43. The summed E-state index contributed by atoms with van der Waals surface area (Å²) in [6, 6.07) is 15.5. The van der Waals surface area contributed by atoms with Crippen LogP contribution in [0.15, 0.2) is 48.5 Å². The van der Waals surface area contributed by atoms with Gasteiger partial charge in [0.2, 0.25) is 0 Å². The van der Waals surface area contributed by atoms with Crippen LogP contribution in [0, 0.1) is 12.3 Å². The number of hydrogen-bond acceptors (Lipinski definition) is 1. The third-order valence-corrected chi connectivity index (χ3v) is 4.07. The number of halogens is 1. The molecule has 0 aliphatic heterocycles. The lowest BCUT2D eigenvalue weighted by Crippen LogP contribution is -2.41. The molecule has 0 aliphatic rings. The average Bonchev–Trinajstić information content (AvgIpc) is 2.38. The summed E-state index contributed by atoms with van der Waals surface area (Å²) in [5, 5.41) is 12.1. The Bertz CT molecular complexity index is 531. The van der Waals surface area contributed by atoms with E-state index < -0.39 is 5.60 Å². The van der Waals surface area contributed by atoms with E-state index >= 15 is 0 Å². The first-order valence-electron chi connectivity index (χ1n) is 6.81. The zero-order valence-corrected chi connectivity index (χ0v) is 13.2. The molecule has 0 aliphatic carbocycles. The second-order valence-electron chi connectivity index (χ2n) is 6.33. The maximum absolute atomic E-state index is 11.4. The molecule has 20 heavy (non-hydrogen) atoms. The normalized spacial score (nSPS) is 14.9. The van der Waals surface area contributed by atoms with Crippen molar-refractivity contribution in [2.24, 2.45) is 5.41 Å². The van der Waals surface area contributed by atoms with Crippen LogP contribution < -0.4 is 0 Å². The van der Waals surface area contributed by atoms with Gasteiger partial charge in [0.15, 0.2) is 0 Å². The number of rotatable bonds is 2. The molecular weight excluding hydrogens is 268 g/mol. The van der Waals surface area contributed by atoms with Gasteiger partial charge >= 0.3 is 0 Å². The predicted molar refractivity (Wildman–Crippen MR) is 85.1 cm³/mol. The van der Waals surface area contributed by atoms with E-state index in [2.05, 4.69) is 0 Å². The van der Waals surface area contributed by atoms with Crippen LogP contribution in [0.2, 0.25) is 5.02 Å². The van der Waals surface area contributed by atoms with Crippen molar-refractivity contribution in [2.45, 2.75) is 33.3 Å². The van der Waals surface area contributed by atoms with Gasteiger partial charge in [-0.2, -0.15) is 0 Å². The third kappa shape index (κ3) is 2.61. The molecule has 0 fully saturated rings. The average molecular weight is 289 g/mol. The minimum atomic E-state index is -1.05. The molecule has 0 saturated carbocycles. The molecule has 2 rings (SSSR count). The van der Waals surface area contributed by atoms with Crippen molar-refractivity contribution in [3.63, 3.8) is 0 Å². The molecule has 0 saturated heterocycles. The summed E-state index contributed by atoms with van der Waals surface area (Å²) in [5.41, 5.74) is 1.55. The largest absolute Gasteiger partial charge is 0.380 e. The van der Waals surface area contributed by atoms with E-state index in [0.717, 1.165) is 11.1 Å². The molecule has 2 aromatic carbocycles. The summed E-state index contributed by atoms with van der Waals surface area (Å²) in [6.45, 7) is 8.17. The van der Waals surface area contributed by atoms with Gasteiger partial charge in [-0.3, -0.25) is 0 Å². The Balaban J connectivity index is 2.62. The molecule has 0 heterocycles. The third-order valence-electron chi connectivity index (χ3n) is 3.82. The molecule has 1 nitrogen and oxygen atoms in total. The standard InChI is InChI=1S/C18H21ClO/c1-13-5-7-14(8-6-13)18(20,17(2,3)4)15-9-11-16(19)12-10-15/h5-12,20H,1-4H3. The zero-order valence-electron chi connectivity index (χ0n) is 12.4. The summed E-state index contributed by atoms with van der Waals surface area (Å²) >= 11 is 5.96. The van der Waals surface area contributed by atoms with Crippen molar-refractivity contribution in [3.05, 3.63) is 70.2 Å². The first-order valence-corrected chi connectivity index (χ1v) is 7.18. The van der Waals surface area contributed by atoms with E-state index in [9.17, 15) is 5.11 Å². The molecular formula is C18H21ClO. The van der Waals surface area contributed by atoms with Gasteiger partial charge in [-0.15, -0.1) is 0 Å². The second kappa shape index (κ2) is 5.23. The van der Waals surface area contributed by atoms with Crippen molar-refractivity contribution in [1.82, 2.24) is 0 Å². The molecule has 0 amide bonds. The lowest BCUT2D eigenvalue weighted by molar-refractivity contribution is -0.0259. The van der Waals surface area contributed by atoms with Crippen LogP contribution in [0.4, 0.5) is 0 Å². The number of hydrogen-bond donors (Lipinski definition) is 1. The van der Waals surface area contributed by atoms with Crippen molar-refractivity contribution in [1.29, 1.82) is 0 Å². The Morgan fingerprint density at radius 2 is 1.20 bits per heavy atom. The summed E-state index contributed by atoms with van der Waals surface area (Å²) in [5.74, 6) is 0. The maximum Gasteiger partial charge on any atom is 0.119 e. The van der Waals surface area contributed by atoms with Crippen molar-refractivity contribution in [3.8, 4) is 0 Å². The molecule has 0 spiro atoms. The highest BCUT2D eigenvalue weighted by Crippen LogP contribution is 2.44. The van der Waals surface area contributed by atoms with Crippen LogP contribution in [-0.4, -0.2) is 5.11 Å². The Labute approximate surface area is 126 Å². The lowest BCUT2D eigenvalue weighted by atomic mass is 9.68. The second-order valence-corrected chi connectivity index (χ2v) is 6.77. The molecule has 2 heteroatoms. The van der Waals surface area contributed by atoms with Gasteiger partial charge in [-0.05, 0) is 35.6 Å². The Morgan fingerprint density at radius 1 is 0.800 bits per heavy atom. The first-order chi connectivity index (χ1) is 9.25. The predicted octanol–water partition coefficient (Wildman–Crippen LogP) is 4.93. The highest BCUT2D eigenvalue weighted by atomic mass is 35.5. The summed E-state index contributed by atoms with van der Waals surface area (Å²) in [4.78, 5) is 0. The zero-order chi connectivity index (χ0) is 15.0. The lowest BCUT2D eigenvalue weighted by Gasteiger charge is -2.41. The van der Waals surface area contributed by atoms with Gasteiger partial charge in [0.05, 0.1) is 0 Å². The van der Waals surface area contributed by atoms with Gasteiger partial charge < -0.3 is 5.11 Å². The molecule has 0 aromatic heterocycles. The Hall–Kier alpha value is -1.31. The molecule has 1 N–H and O–H groups in total. The van der Waals surface area contributed by atoms with Crippen LogP contribution in [0.1, 0.15) is 37.5 Å². The molecule has 0 radical (unpaired) electrons. The van der Waals surface area contributed by atoms with Crippen LogP contribution >= 0.6 is 11.6 Å². The van der Waals surface area contributed by atoms with Gasteiger partial charge in [0.1, 0.15) is 5.60 Å². The van der Waals surface area contributed by atoms with E-state index in [-0.39, 0.29) is 5.41 Å². The summed E-state index contributed by atoms with van der Waals surface area (Å²) in [7, 11) is 0. The van der Waals surface area contributed by atoms with Crippen molar-refractivity contribution >= 4 is 11.6 Å². The van der Waals surface area contributed by atoms with E-state index in [1.54, 1.807) is 0 Å². The molecule has 2 aromatic rings. The minimum Gasteiger partial charge on any atom is -0.380 e. The van der Waals surface area contributed by atoms with E-state index in [4.69, 9.17) is 11.6 Å². The fourth-order valence-electron chi connectivity index (χ4n) is 2.52. The number of benzene rings is 2. The van der Waals surface area contributed by atoms with Crippen molar-refractivity contribution in [2.75, 3.05) is 0 Å². The summed E-state index contributed by atoms with van der Waals surface area (Å²) < 4.78 is 0. The smallest absolute Gasteiger partial charge is 0.119 e. The minimum absolute atomic E-state index is 0.337. The van der Waals surface area contributed by atoms with E-state index in [1.165, 1.54) is 5.56 Å². The Morgan fingerprint density at radius 3 is 1.60 bits per heavy atom. The summed E-state index contributed by atoms with van der Waals surface area (Å²) in [6.07, 6.45) is 0. The highest BCUT2D eigenvalue weighted by molar-refractivity contribution is 6.30. The van der Waals surface area contributed by atoms with Gasteiger partial charge in [-0.25, -0.2) is 0 Å². The first kappa shape index (κ1) is 15.1. The fraction of sp³-hybridized carbons (Fsp3) is 0.333. The molecule has 1 atom stereocenters. The topological polar surface area (TPSA) is 20.2 Å². The Kier molecular flexibility index (Phi) is 3.95. The van der Waals surface area contributed by atoms with Crippen LogP contribution in [0.3, 0.4) is 0 Å². The SMILES string of the molecule is Cc1ccc(C(O)(c2ccc(Cl)cc2)C(C)(C)C)cc1. The molecule has 1 unspecified atom stereocenters. The van der Waals surface area contributed by atoms with Crippen LogP contribution in [0.25, 0.3) is 0 Å².